The van der Waals surface area contributed by atoms with E-state index in [-0.39, 0.29) is 11.7 Å². The third-order valence-corrected chi connectivity index (χ3v) is 6.27. The quantitative estimate of drug-likeness (QED) is 0.418. The van der Waals surface area contributed by atoms with E-state index >= 15 is 0 Å². The summed E-state index contributed by atoms with van der Waals surface area (Å²) in [5.74, 6) is 0.365. The molecule has 1 heterocycles. The number of benzene rings is 3. The van der Waals surface area contributed by atoms with Gasteiger partial charge in [0.25, 0.3) is 5.91 Å². The van der Waals surface area contributed by atoms with Crippen LogP contribution in [-0.2, 0) is 19.4 Å². The van der Waals surface area contributed by atoms with E-state index in [9.17, 15) is 9.18 Å². The third kappa shape index (κ3) is 4.31. The van der Waals surface area contributed by atoms with Crippen LogP contribution >= 0.6 is 0 Å². The highest BCUT2D eigenvalue weighted by Crippen LogP contribution is 2.34. The molecular formula is C28H26FN3O2. The first kappa shape index (κ1) is 21.9. The van der Waals surface area contributed by atoms with Gasteiger partial charge in [-0.05, 0) is 79.8 Å². The van der Waals surface area contributed by atoms with E-state index in [4.69, 9.17) is 9.84 Å². The van der Waals surface area contributed by atoms with Gasteiger partial charge in [0.1, 0.15) is 11.6 Å². The highest BCUT2D eigenvalue weighted by atomic mass is 19.1. The highest BCUT2D eigenvalue weighted by molar-refractivity contribution is 5.94. The zero-order valence-electron chi connectivity index (χ0n) is 19.1. The predicted octanol–water partition coefficient (Wildman–Crippen LogP) is 5.50. The fraction of sp³-hybridized carbons (Fsp3) is 0.214. The molecule has 1 N–H and O–H groups in total. The molecule has 6 heteroatoms. The van der Waals surface area contributed by atoms with Gasteiger partial charge in [-0.15, -0.1) is 0 Å². The maximum absolute atomic E-state index is 14.8. The summed E-state index contributed by atoms with van der Waals surface area (Å²) in [4.78, 5) is 12.7. The topological polar surface area (TPSA) is 56.1 Å². The Balaban J connectivity index is 1.39. The van der Waals surface area contributed by atoms with Crippen LogP contribution in [0.15, 0.2) is 72.8 Å². The summed E-state index contributed by atoms with van der Waals surface area (Å²) in [6.45, 7) is 0.424. The number of methoxy groups -OCH3 is 1. The molecule has 4 aromatic rings. The zero-order chi connectivity index (χ0) is 23.5. The molecule has 5 rings (SSSR count). The van der Waals surface area contributed by atoms with Crippen molar-refractivity contribution >= 4 is 5.91 Å². The number of aryl methyl sites for hydroxylation is 1. The number of carbonyl (C=O) groups excluding carboxylic acids is 1. The Morgan fingerprint density at radius 2 is 1.74 bits per heavy atom. The summed E-state index contributed by atoms with van der Waals surface area (Å²) in [5, 5.41) is 7.79. The molecule has 0 spiro atoms. The summed E-state index contributed by atoms with van der Waals surface area (Å²) in [6.07, 6.45) is 3.96. The van der Waals surface area contributed by atoms with E-state index in [0.717, 1.165) is 59.6 Å². The van der Waals surface area contributed by atoms with Crippen molar-refractivity contribution in [1.29, 1.82) is 0 Å². The Morgan fingerprint density at radius 3 is 2.47 bits per heavy atom. The molecule has 0 bridgehead atoms. The number of fused-ring (bicyclic) bond motifs is 1. The fourth-order valence-electron chi connectivity index (χ4n) is 4.45. The Kier molecular flexibility index (Phi) is 6.12. The molecule has 0 saturated heterocycles. The number of aromatic nitrogens is 2. The van der Waals surface area contributed by atoms with Crippen molar-refractivity contribution in [2.24, 2.45) is 0 Å². The molecule has 1 aromatic heterocycles. The average molecular weight is 456 g/mol. The van der Waals surface area contributed by atoms with Crippen LogP contribution in [0.25, 0.3) is 16.9 Å². The Morgan fingerprint density at radius 1 is 1.00 bits per heavy atom. The third-order valence-electron chi connectivity index (χ3n) is 6.27. The second kappa shape index (κ2) is 9.51. The van der Waals surface area contributed by atoms with Gasteiger partial charge in [-0.3, -0.25) is 4.79 Å². The van der Waals surface area contributed by atoms with Gasteiger partial charge in [0.2, 0.25) is 0 Å². The van der Waals surface area contributed by atoms with Gasteiger partial charge in [0, 0.05) is 23.2 Å². The number of nitrogens with zero attached hydrogens (tertiary/aromatic N) is 2. The largest absolute Gasteiger partial charge is 0.497 e. The van der Waals surface area contributed by atoms with Gasteiger partial charge in [0.05, 0.1) is 24.2 Å². The zero-order valence-corrected chi connectivity index (χ0v) is 19.1. The van der Waals surface area contributed by atoms with Gasteiger partial charge in [-0.1, -0.05) is 24.3 Å². The van der Waals surface area contributed by atoms with Gasteiger partial charge < -0.3 is 10.1 Å². The van der Waals surface area contributed by atoms with Crippen molar-refractivity contribution in [2.45, 2.75) is 32.2 Å². The number of ether oxygens (including phenoxy) is 1. The van der Waals surface area contributed by atoms with Crippen molar-refractivity contribution < 1.29 is 13.9 Å². The molecule has 1 aliphatic carbocycles. The molecular weight excluding hydrogens is 429 g/mol. The first-order chi connectivity index (χ1) is 16.6. The summed E-state index contributed by atoms with van der Waals surface area (Å²) >= 11 is 0. The van der Waals surface area contributed by atoms with Crippen LogP contribution in [0.2, 0.25) is 0 Å². The predicted molar refractivity (Wildman–Crippen MR) is 130 cm³/mol. The smallest absolute Gasteiger partial charge is 0.251 e. The monoisotopic (exact) mass is 455 g/mol. The normalized spacial score (nSPS) is 12.8. The van der Waals surface area contributed by atoms with Gasteiger partial charge in [-0.2, -0.15) is 5.10 Å². The van der Waals surface area contributed by atoms with Gasteiger partial charge >= 0.3 is 0 Å². The van der Waals surface area contributed by atoms with Gasteiger partial charge in [-0.25, -0.2) is 9.07 Å². The molecule has 172 valence electrons. The molecule has 1 aliphatic rings. The molecule has 1 amide bonds. The molecule has 0 aliphatic heterocycles. The lowest BCUT2D eigenvalue weighted by Gasteiger charge is -2.13. The Bertz CT molecular complexity index is 1310. The van der Waals surface area contributed by atoms with Crippen LogP contribution < -0.4 is 10.1 Å². The summed E-state index contributed by atoms with van der Waals surface area (Å²) < 4.78 is 21.7. The van der Waals surface area contributed by atoms with Crippen molar-refractivity contribution in [3.05, 3.63) is 101 Å². The van der Waals surface area contributed by atoms with E-state index < -0.39 is 0 Å². The molecule has 0 atom stereocenters. The molecule has 0 saturated carbocycles. The minimum atomic E-state index is -0.258. The second-order valence-corrected chi connectivity index (χ2v) is 8.45. The number of nitrogens with one attached hydrogen (secondary N) is 1. The number of hydrogen-bond donors (Lipinski definition) is 1. The van der Waals surface area contributed by atoms with E-state index in [1.165, 1.54) is 6.07 Å². The average Bonchev–Trinajstić information content (AvgIpc) is 3.27. The van der Waals surface area contributed by atoms with E-state index in [1.807, 2.05) is 47.1 Å². The second-order valence-electron chi connectivity index (χ2n) is 8.45. The minimum absolute atomic E-state index is 0.156. The van der Waals surface area contributed by atoms with Crippen LogP contribution in [0.1, 0.15) is 40.0 Å². The van der Waals surface area contributed by atoms with Crippen LogP contribution in [-0.4, -0.2) is 22.8 Å². The first-order valence-electron chi connectivity index (χ1n) is 11.5. The summed E-state index contributed by atoms with van der Waals surface area (Å²) in [6, 6.07) is 21.7. The summed E-state index contributed by atoms with van der Waals surface area (Å²) in [5.41, 5.74) is 5.87. The Labute approximate surface area is 198 Å². The van der Waals surface area contributed by atoms with E-state index in [1.54, 1.807) is 31.4 Å². The molecule has 3 aromatic carbocycles. The van der Waals surface area contributed by atoms with E-state index in [2.05, 4.69) is 5.32 Å². The molecule has 5 nitrogen and oxygen atoms in total. The lowest BCUT2D eigenvalue weighted by Crippen LogP contribution is -2.22. The van der Waals surface area contributed by atoms with E-state index in [0.29, 0.717) is 17.7 Å². The number of rotatable bonds is 6. The lowest BCUT2D eigenvalue weighted by molar-refractivity contribution is 0.0951. The lowest BCUT2D eigenvalue weighted by atomic mass is 9.93. The maximum atomic E-state index is 14.8. The summed E-state index contributed by atoms with van der Waals surface area (Å²) in [7, 11) is 1.62. The SMILES string of the molecule is COc1ccc(CNC(=O)c2ccc(-n3nc4c(c3-c3ccccc3F)CCCC4)cc2)cc1. The molecule has 34 heavy (non-hydrogen) atoms. The number of amides is 1. The first-order valence-corrected chi connectivity index (χ1v) is 11.5. The highest BCUT2D eigenvalue weighted by Gasteiger charge is 2.24. The number of carbonyl (C=O) groups is 1. The van der Waals surface area contributed by atoms with Crippen LogP contribution in [0.3, 0.4) is 0 Å². The number of halogens is 1. The standard InChI is InChI=1S/C28H26FN3O2/c1-34-22-16-10-19(11-17-22)18-30-28(33)20-12-14-21(15-13-20)32-27(23-6-2-4-8-25(23)29)24-7-3-5-9-26(24)31-32/h2,4,6,8,10-17H,3,5,7,9,18H2,1H3,(H,30,33). The molecule has 0 radical (unpaired) electrons. The van der Waals surface area contributed by atoms with Crippen LogP contribution in [0.4, 0.5) is 4.39 Å². The fourth-order valence-corrected chi connectivity index (χ4v) is 4.45. The van der Waals surface area contributed by atoms with Crippen molar-refractivity contribution in [1.82, 2.24) is 15.1 Å². The number of hydrogen-bond acceptors (Lipinski definition) is 3. The van der Waals surface area contributed by atoms with Crippen LogP contribution in [0, 0.1) is 5.82 Å². The molecule has 0 fully saturated rings. The van der Waals surface area contributed by atoms with Crippen molar-refractivity contribution in [3.8, 4) is 22.7 Å². The van der Waals surface area contributed by atoms with Crippen LogP contribution in [0.5, 0.6) is 5.75 Å². The Hall–Kier alpha value is -3.93. The van der Waals surface area contributed by atoms with Crippen molar-refractivity contribution in [3.63, 3.8) is 0 Å². The minimum Gasteiger partial charge on any atom is -0.497 e. The molecule has 0 unspecified atom stereocenters. The maximum Gasteiger partial charge on any atom is 0.251 e. The van der Waals surface area contributed by atoms with Gasteiger partial charge in [0.15, 0.2) is 0 Å². The van der Waals surface area contributed by atoms with Crippen molar-refractivity contribution in [2.75, 3.05) is 7.11 Å².